The largest absolute Gasteiger partial charge is 0.496 e. The molecule has 0 fully saturated rings. The van der Waals surface area contributed by atoms with E-state index in [0.29, 0.717) is 0 Å². The summed E-state index contributed by atoms with van der Waals surface area (Å²) in [6, 6.07) is 5.88. The molecule has 0 radical (unpaired) electrons. The zero-order chi connectivity index (χ0) is 11.6. The van der Waals surface area contributed by atoms with Gasteiger partial charge in [-0.05, 0) is 23.6 Å². The lowest BCUT2D eigenvalue weighted by atomic mass is 9.83. The van der Waals surface area contributed by atoms with Gasteiger partial charge in [-0.1, -0.05) is 36.7 Å². The van der Waals surface area contributed by atoms with E-state index in [1.54, 1.807) is 7.11 Å². The number of rotatable bonds is 2. The van der Waals surface area contributed by atoms with Gasteiger partial charge in [0, 0.05) is 16.1 Å². The summed E-state index contributed by atoms with van der Waals surface area (Å²) in [5, 5.41) is 0. The van der Waals surface area contributed by atoms with E-state index in [0.717, 1.165) is 15.8 Å². The predicted molar refractivity (Wildman–Crippen MR) is 67.1 cm³/mol. The van der Waals surface area contributed by atoms with Crippen LogP contribution in [0.1, 0.15) is 32.4 Å². The maximum absolute atomic E-state index is 6.22. The summed E-state index contributed by atoms with van der Waals surface area (Å²) in [7, 11) is 1.67. The third-order valence-corrected chi connectivity index (χ3v) is 2.95. The molecule has 3 heteroatoms. The number of hydrogen-bond acceptors (Lipinski definition) is 2. The number of methoxy groups -OCH3 is 1. The lowest BCUT2D eigenvalue weighted by molar-refractivity contribution is 0.314. The molecule has 2 N–H and O–H groups in total. The molecule has 0 aliphatic carbocycles. The Morgan fingerprint density at radius 3 is 2.40 bits per heavy atom. The van der Waals surface area contributed by atoms with Gasteiger partial charge < -0.3 is 10.5 Å². The first-order chi connectivity index (χ1) is 6.86. The summed E-state index contributed by atoms with van der Waals surface area (Å²) in [6.07, 6.45) is 0. The first kappa shape index (κ1) is 12.5. The summed E-state index contributed by atoms with van der Waals surface area (Å²) in [6.45, 7) is 6.37. The average molecular weight is 272 g/mol. The minimum atomic E-state index is -0.0371. The van der Waals surface area contributed by atoms with E-state index in [-0.39, 0.29) is 11.5 Å². The zero-order valence-corrected chi connectivity index (χ0v) is 11.3. The van der Waals surface area contributed by atoms with Gasteiger partial charge in [-0.25, -0.2) is 0 Å². The number of nitrogens with two attached hydrogens (primary N) is 1. The highest BCUT2D eigenvalue weighted by molar-refractivity contribution is 9.10. The topological polar surface area (TPSA) is 35.2 Å². The molecule has 0 aliphatic rings. The summed E-state index contributed by atoms with van der Waals surface area (Å²) in [5.41, 5.74) is 7.28. The molecular formula is C12H18BrNO. The van der Waals surface area contributed by atoms with Crippen molar-refractivity contribution in [1.82, 2.24) is 0 Å². The molecule has 0 spiro atoms. The Bertz CT molecular complexity index is 344. The predicted octanol–water partition coefficient (Wildman–Crippen LogP) is 3.50. The Labute approximate surface area is 99.9 Å². The quantitative estimate of drug-likeness (QED) is 0.894. The van der Waals surface area contributed by atoms with Crippen LogP contribution in [-0.4, -0.2) is 7.11 Å². The highest BCUT2D eigenvalue weighted by Crippen LogP contribution is 2.36. The van der Waals surface area contributed by atoms with Crippen molar-refractivity contribution in [3.63, 3.8) is 0 Å². The molecule has 15 heavy (non-hydrogen) atoms. The van der Waals surface area contributed by atoms with Gasteiger partial charge in [-0.3, -0.25) is 0 Å². The van der Waals surface area contributed by atoms with Crippen LogP contribution in [0.4, 0.5) is 0 Å². The van der Waals surface area contributed by atoms with E-state index in [1.807, 2.05) is 18.2 Å². The molecule has 2 nitrogen and oxygen atoms in total. The van der Waals surface area contributed by atoms with E-state index in [2.05, 4.69) is 36.7 Å². The van der Waals surface area contributed by atoms with Crippen LogP contribution in [0.3, 0.4) is 0 Å². The summed E-state index contributed by atoms with van der Waals surface area (Å²) < 4.78 is 6.34. The van der Waals surface area contributed by atoms with E-state index >= 15 is 0 Å². The summed E-state index contributed by atoms with van der Waals surface area (Å²) >= 11 is 3.45. The van der Waals surface area contributed by atoms with Crippen LogP contribution < -0.4 is 10.5 Å². The first-order valence-corrected chi connectivity index (χ1v) is 5.74. The molecule has 0 bridgehead atoms. The van der Waals surface area contributed by atoms with Crippen molar-refractivity contribution in [2.24, 2.45) is 11.1 Å². The molecule has 0 unspecified atom stereocenters. The minimum Gasteiger partial charge on any atom is -0.496 e. The standard InChI is InChI=1S/C12H18BrNO/c1-12(2,3)11(14)9-7-8(13)5-6-10(9)15-4/h5-7,11H,14H2,1-4H3/t11-/m1/s1. The van der Waals surface area contributed by atoms with Crippen molar-refractivity contribution in [3.05, 3.63) is 28.2 Å². The molecule has 0 heterocycles. The Morgan fingerprint density at radius 1 is 1.33 bits per heavy atom. The van der Waals surface area contributed by atoms with Crippen molar-refractivity contribution >= 4 is 15.9 Å². The van der Waals surface area contributed by atoms with Gasteiger partial charge in [-0.15, -0.1) is 0 Å². The molecule has 0 aromatic heterocycles. The van der Waals surface area contributed by atoms with Crippen LogP contribution >= 0.6 is 15.9 Å². The van der Waals surface area contributed by atoms with E-state index in [4.69, 9.17) is 10.5 Å². The Morgan fingerprint density at radius 2 is 1.93 bits per heavy atom. The van der Waals surface area contributed by atoms with Crippen LogP contribution in [0.2, 0.25) is 0 Å². The molecule has 84 valence electrons. The normalized spacial score (nSPS) is 13.7. The fourth-order valence-electron chi connectivity index (χ4n) is 1.41. The van der Waals surface area contributed by atoms with Crippen molar-refractivity contribution in [2.75, 3.05) is 7.11 Å². The van der Waals surface area contributed by atoms with Crippen molar-refractivity contribution in [1.29, 1.82) is 0 Å². The highest BCUT2D eigenvalue weighted by Gasteiger charge is 2.25. The number of halogens is 1. The molecular weight excluding hydrogens is 254 g/mol. The second-order valence-corrected chi connectivity index (χ2v) is 5.65. The SMILES string of the molecule is COc1ccc(Br)cc1[C@@H](N)C(C)(C)C. The maximum atomic E-state index is 6.22. The number of benzene rings is 1. The van der Waals surface area contributed by atoms with Gasteiger partial charge in [0.1, 0.15) is 5.75 Å². The molecule has 0 saturated heterocycles. The lowest BCUT2D eigenvalue weighted by Crippen LogP contribution is -2.26. The third kappa shape index (κ3) is 2.95. The van der Waals surface area contributed by atoms with Gasteiger partial charge in [-0.2, -0.15) is 0 Å². The maximum Gasteiger partial charge on any atom is 0.123 e. The Kier molecular flexibility index (Phi) is 3.79. The van der Waals surface area contributed by atoms with Crippen LogP contribution in [0.25, 0.3) is 0 Å². The highest BCUT2D eigenvalue weighted by atomic mass is 79.9. The molecule has 1 aromatic carbocycles. The second kappa shape index (κ2) is 4.54. The van der Waals surface area contributed by atoms with Crippen molar-refractivity contribution in [3.8, 4) is 5.75 Å². The van der Waals surface area contributed by atoms with Crippen molar-refractivity contribution in [2.45, 2.75) is 26.8 Å². The minimum absolute atomic E-state index is 0.0219. The van der Waals surface area contributed by atoms with E-state index < -0.39 is 0 Å². The Balaban J connectivity index is 3.17. The molecule has 1 atom stereocenters. The average Bonchev–Trinajstić information content (AvgIpc) is 2.15. The van der Waals surface area contributed by atoms with Crippen LogP contribution in [-0.2, 0) is 0 Å². The number of hydrogen-bond donors (Lipinski definition) is 1. The fourth-order valence-corrected chi connectivity index (χ4v) is 1.79. The first-order valence-electron chi connectivity index (χ1n) is 4.95. The summed E-state index contributed by atoms with van der Waals surface area (Å²) in [5.74, 6) is 0.848. The molecule has 0 saturated carbocycles. The van der Waals surface area contributed by atoms with Gasteiger partial charge in [0.25, 0.3) is 0 Å². The van der Waals surface area contributed by atoms with Gasteiger partial charge in [0.2, 0.25) is 0 Å². The van der Waals surface area contributed by atoms with Crippen molar-refractivity contribution < 1.29 is 4.74 Å². The summed E-state index contributed by atoms with van der Waals surface area (Å²) in [4.78, 5) is 0. The fraction of sp³-hybridized carbons (Fsp3) is 0.500. The smallest absolute Gasteiger partial charge is 0.123 e. The monoisotopic (exact) mass is 271 g/mol. The zero-order valence-electron chi connectivity index (χ0n) is 9.67. The second-order valence-electron chi connectivity index (χ2n) is 4.73. The molecule has 0 amide bonds. The van der Waals surface area contributed by atoms with Crippen LogP contribution in [0.15, 0.2) is 22.7 Å². The van der Waals surface area contributed by atoms with E-state index in [9.17, 15) is 0 Å². The molecule has 0 aliphatic heterocycles. The Hall–Kier alpha value is -0.540. The molecule has 1 aromatic rings. The van der Waals surface area contributed by atoms with Gasteiger partial charge in [0.05, 0.1) is 7.11 Å². The van der Waals surface area contributed by atoms with E-state index in [1.165, 1.54) is 0 Å². The van der Waals surface area contributed by atoms with Gasteiger partial charge in [0.15, 0.2) is 0 Å². The van der Waals surface area contributed by atoms with Gasteiger partial charge >= 0.3 is 0 Å². The van der Waals surface area contributed by atoms with Crippen LogP contribution in [0.5, 0.6) is 5.75 Å². The van der Waals surface area contributed by atoms with Crippen LogP contribution in [0, 0.1) is 5.41 Å². The number of ether oxygens (including phenoxy) is 1. The molecule has 1 rings (SSSR count). The lowest BCUT2D eigenvalue weighted by Gasteiger charge is -2.28. The third-order valence-electron chi connectivity index (χ3n) is 2.46.